The summed E-state index contributed by atoms with van der Waals surface area (Å²) in [5, 5.41) is 4.19. The highest BCUT2D eigenvalue weighted by Crippen LogP contribution is 2.19. The molecule has 0 radical (unpaired) electrons. The molecule has 10 nitrogen and oxygen atoms in total. The lowest BCUT2D eigenvalue weighted by Crippen LogP contribution is -2.53. The van der Waals surface area contributed by atoms with Crippen LogP contribution in [0, 0.1) is 0 Å². The molecule has 1 saturated heterocycles. The smallest absolute Gasteiger partial charge is 0.242 e. The molecule has 0 unspecified atom stereocenters. The third-order valence-corrected chi connectivity index (χ3v) is 6.74. The maximum atomic E-state index is 12.2. The second-order valence-electron chi connectivity index (χ2n) is 6.38. The average Bonchev–Trinajstić information content (AvgIpc) is 3.24. The summed E-state index contributed by atoms with van der Waals surface area (Å²) in [4.78, 5) is 17.3. The summed E-state index contributed by atoms with van der Waals surface area (Å²) in [7, 11) is -1.82. The van der Waals surface area contributed by atoms with E-state index in [2.05, 4.69) is 46.1 Å². The van der Waals surface area contributed by atoms with Crippen molar-refractivity contribution in [1.82, 2.24) is 29.3 Å². The molecule has 0 atom stereocenters. The molecule has 1 aliphatic rings. The number of anilines is 1. The number of pyridine rings is 1. The predicted octanol–water partition coefficient (Wildman–Crippen LogP) is 0.171. The number of piperazine rings is 1. The Kier molecular flexibility index (Phi) is 7.34. The second-order valence-corrected chi connectivity index (χ2v) is 8.88. The van der Waals surface area contributed by atoms with Gasteiger partial charge in [-0.15, -0.1) is 0 Å². The molecule has 0 amide bonds. The number of sulfonamides is 1. The molecule has 0 aromatic carbocycles. The van der Waals surface area contributed by atoms with Crippen LogP contribution in [0.4, 0.5) is 5.13 Å². The summed E-state index contributed by atoms with van der Waals surface area (Å²) in [6, 6.07) is 3.11. The summed E-state index contributed by atoms with van der Waals surface area (Å²) < 4.78 is 31.3. The van der Waals surface area contributed by atoms with Crippen LogP contribution < -0.4 is 14.9 Å². The number of hydrogen-bond acceptors (Lipinski definition) is 8. The Morgan fingerprint density at radius 2 is 2.07 bits per heavy atom. The van der Waals surface area contributed by atoms with Crippen LogP contribution in [0.3, 0.4) is 0 Å². The zero-order chi connectivity index (χ0) is 20.7. The van der Waals surface area contributed by atoms with Crippen LogP contribution in [0.1, 0.15) is 12.7 Å². The van der Waals surface area contributed by atoms with Gasteiger partial charge in [0.1, 0.15) is 10.7 Å². The first kappa shape index (κ1) is 21.4. The van der Waals surface area contributed by atoms with Crippen molar-refractivity contribution in [1.29, 1.82) is 0 Å². The topological polar surface area (TPSA) is 116 Å². The molecule has 1 aliphatic heterocycles. The van der Waals surface area contributed by atoms with E-state index in [4.69, 9.17) is 0 Å². The summed E-state index contributed by atoms with van der Waals surface area (Å²) in [6.07, 6.45) is 3.71. The summed E-state index contributed by atoms with van der Waals surface area (Å²) in [5.74, 6) is 1.65. The van der Waals surface area contributed by atoms with Gasteiger partial charge in [-0.2, -0.15) is 4.37 Å². The van der Waals surface area contributed by atoms with E-state index in [1.54, 1.807) is 13.1 Å². The molecule has 12 heteroatoms. The molecular weight excluding hydrogens is 412 g/mol. The molecule has 0 aliphatic carbocycles. The lowest BCUT2D eigenvalue weighted by molar-refractivity contribution is 0.372. The number of aliphatic imine (C=N–C) groups is 1. The number of hydrogen-bond donors (Lipinski definition) is 2. The van der Waals surface area contributed by atoms with Crippen molar-refractivity contribution < 1.29 is 8.42 Å². The molecule has 2 aromatic rings. The molecule has 1 fully saturated rings. The SMILES string of the molecule is CCc1nsc(N2CCN(C(=NC)NCCNS(=O)(=O)c3cccnc3)CC2)n1. The molecule has 0 saturated carbocycles. The van der Waals surface area contributed by atoms with Gasteiger partial charge in [0.05, 0.1) is 0 Å². The number of aryl methyl sites for hydroxylation is 1. The molecule has 2 N–H and O–H groups in total. The third-order valence-electron chi connectivity index (χ3n) is 4.48. The van der Waals surface area contributed by atoms with Gasteiger partial charge >= 0.3 is 0 Å². The van der Waals surface area contributed by atoms with Gasteiger partial charge in [0.2, 0.25) is 15.2 Å². The first-order valence-corrected chi connectivity index (χ1v) is 11.7. The highest BCUT2D eigenvalue weighted by molar-refractivity contribution is 7.89. The fraction of sp³-hybridized carbons (Fsp3) is 0.529. The number of nitrogens with one attached hydrogen (secondary N) is 2. The van der Waals surface area contributed by atoms with Crippen molar-refractivity contribution in [2.24, 2.45) is 4.99 Å². The van der Waals surface area contributed by atoms with Crippen molar-refractivity contribution in [2.45, 2.75) is 18.2 Å². The first-order valence-electron chi connectivity index (χ1n) is 9.46. The minimum atomic E-state index is -3.55. The molecule has 29 heavy (non-hydrogen) atoms. The number of guanidine groups is 1. The van der Waals surface area contributed by atoms with Crippen molar-refractivity contribution in [3.63, 3.8) is 0 Å². The zero-order valence-electron chi connectivity index (χ0n) is 16.6. The van der Waals surface area contributed by atoms with Gasteiger partial charge in [0, 0.05) is 76.7 Å². The average molecular weight is 439 g/mol. The Morgan fingerprint density at radius 1 is 1.28 bits per heavy atom. The van der Waals surface area contributed by atoms with Crippen molar-refractivity contribution >= 4 is 32.6 Å². The van der Waals surface area contributed by atoms with Crippen LogP contribution in [-0.4, -0.2) is 79.9 Å². The minimum absolute atomic E-state index is 0.156. The van der Waals surface area contributed by atoms with E-state index >= 15 is 0 Å². The highest BCUT2D eigenvalue weighted by atomic mass is 32.2. The van der Waals surface area contributed by atoms with Gasteiger partial charge in [0.25, 0.3) is 0 Å². The van der Waals surface area contributed by atoms with Crippen LogP contribution in [0.25, 0.3) is 0 Å². The first-order chi connectivity index (χ1) is 14.0. The van der Waals surface area contributed by atoms with Crippen molar-refractivity contribution in [3.05, 3.63) is 30.4 Å². The molecule has 158 valence electrons. The Bertz CT molecular complexity index is 909. The summed E-state index contributed by atoms with van der Waals surface area (Å²) in [5.41, 5.74) is 0. The fourth-order valence-electron chi connectivity index (χ4n) is 2.91. The largest absolute Gasteiger partial charge is 0.355 e. The van der Waals surface area contributed by atoms with Crippen LogP contribution in [0.2, 0.25) is 0 Å². The lowest BCUT2D eigenvalue weighted by atomic mass is 10.3. The number of aromatic nitrogens is 3. The lowest BCUT2D eigenvalue weighted by Gasteiger charge is -2.36. The Labute approximate surface area is 175 Å². The molecule has 2 aromatic heterocycles. The van der Waals surface area contributed by atoms with Gasteiger partial charge in [-0.25, -0.2) is 18.1 Å². The van der Waals surface area contributed by atoms with Crippen LogP contribution in [0.15, 0.2) is 34.4 Å². The molecule has 0 spiro atoms. The number of rotatable bonds is 7. The fourth-order valence-corrected chi connectivity index (χ4v) is 4.70. The second kappa shape index (κ2) is 9.94. The van der Waals surface area contributed by atoms with E-state index in [-0.39, 0.29) is 11.4 Å². The van der Waals surface area contributed by atoms with E-state index < -0.39 is 10.0 Å². The van der Waals surface area contributed by atoms with Crippen LogP contribution >= 0.6 is 11.5 Å². The monoisotopic (exact) mass is 438 g/mol. The summed E-state index contributed by atoms with van der Waals surface area (Å²) >= 11 is 1.44. The molecule has 0 bridgehead atoms. The predicted molar refractivity (Wildman–Crippen MR) is 114 cm³/mol. The number of nitrogens with zero attached hydrogens (tertiary/aromatic N) is 6. The van der Waals surface area contributed by atoms with Gasteiger partial charge < -0.3 is 15.1 Å². The Morgan fingerprint density at radius 3 is 2.69 bits per heavy atom. The molecular formula is C17H26N8O2S2. The quantitative estimate of drug-likeness (QED) is 0.357. The van der Waals surface area contributed by atoms with E-state index in [1.165, 1.54) is 30.0 Å². The maximum absolute atomic E-state index is 12.2. The van der Waals surface area contributed by atoms with Crippen molar-refractivity contribution in [3.8, 4) is 0 Å². The highest BCUT2D eigenvalue weighted by Gasteiger charge is 2.22. The van der Waals surface area contributed by atoms with Crippen LogP contribution in [0.5, 0.6) is 0 Å². The zero-order valence-corrected chi connectivity index (χ0v) is 18.2. The van der Waals surface area contributed by atoms with E-state index in [0.717, 1.165) is 49.5 Å². The van der Waals surface area contributed by atoms with Gasteiger partial charge in [-0.3, -0.25) is 9.98 Å². The Hall–Kier alpha value is -2.31. The summed E-state index contributed by atoms with van der Waals surface area (Å²) in [6.45, 7) is 6.03. The maximum Gasteiger partial charge on any atom is 0.242 e. The Balaban J connectivity index is 1.44. The van der Waals surface area contributed by atoms with Crippen molar-refractivity contribution in [2.75, 3.05) is 51.2 Å². The molecule has 3 heterocycles. The minimum Gasteiger partial charge on any atom is -0.355 e. The van der Waals surface area contributed by atoms with Gasteiger partial charge in [-0.05, 0) is 12.1 Å². The normalized spacial score (nSPS) is 15.6. The van der Waals surface area contributed by atoms with E-state index in [9.17, 15) is 8.42 Å². The molecule has 3 rings (SSSR count). The van der Waals surface area contributed by atoms with E-state index in [0.29, 0.717) is 6.54 Å². The standard InChI is InChI=1S/C17H26N8O2S2/c1-3-15-22-17(28-23-15)25-11-9-24(10-12-25)16(18-2)20-7-8-21-29(26,27)14-5-4-6-19-13-14/h4-6,13,21H,3,7-12H2,1-2H3,(H,18,20). The van der Waals surface area contributed by atoms with Crippen LogP contribution in [-0.2, 0) is 16.4 Å². The third kappa shape index (κ3) is 5.61. The van der Waals surface area contributed by atoms with Gasteiger partial charge in [-0.1, -0.05) is 6.92 Å². The van der Waals surface area contributed by atoms with E-state index in [1.807, 2.05) is 0 Å². The van der Waals surface area contributed by atoms with Gasteiger partial charge in [0.15, 0.2) is 5.96 Å².